The summed E-state index contributed by atoms with van der Waals surface area (Å²) in [6, 6.07) is 13.2. The molecule has 1 saturated carbocycles. The standard InChI is InChI=1S/C19H22N2O2/c1-21-13-16(11-12-17(21)22)19(23)20-18(15-9-5-6-10-15)14-7-3-2-4-8-14/h2-4,7-8,11-13,15,18H,5-6,9-10H2,1H3,(H,20,23)/t18-/m0/s1. The van der Waals surface area contributed by atoms with E-state index in [4.69, 9.17) is 0 Å². The fraction of sp³-hybridized carbons (Fsp3) is 0.368. The monoisotopic (exact) mass is 310 g/mol. The van der Waals surface area contributed by atoms with E-state index in [0.717, 1.165) is 18.4 Å². The molecule has 4 heteroatoms. The van der Waals surface area contributed by atoms with Gasteiger partial charge in [-0.3, -0.25) is 9.59 Å². The molecule has 3 rings (SSSR count). The summed E-state index contributed by atoms with van der Waals surface area (Å²) in [5.74, 6) is 0.357. The molecule has 0 radical (unpaired) electrons. The summed E-state index contributed by atoms with van der Waals surface area (Å²) < 4.78 is 1.43. The van der Waals surface area contributed by atoms with E-state index in [9.17, 15) is 9.59 Å². The molecule has 0 saturated heterocycles. The Balaban J connectivity index is 1.84. The number of nitrogens with zero attached hydrogens (tertiary/aromatic N) is 1. The Bertz CT molecular complexity index is 731. The molecule has 1 aliphatic rings. The van der Waals surface area contributed by atoms with Gasteiger partial charge in [0.05, 0.1) is 11.6 Å². The van der Waals surface area contributed by atoms with Crippen molar-refractivity contribution in [2.45, 2.75) is 31.7 Å². The molecule has 120 valence electrons. The highest BCUT2D eigenvalue weighted by Crippen LogP contribution is 2.35. The Hall–Kier alpha value is -2.36. The maximum Gasteiger partial charge on any atom is 0.253 e. The molecule has 1 aromatic carbocycles. The van der Waals surface area contributed by atoms with Crippen molar-refractivity contribution < 1.29 is 4.79 Å². The van der Waals surface area contributed by atoms with Crippen LogP contribution in [0.2, 0.25) is 0 Å². The topological polar surface area (TPSA) is 51.1 Å². The molecule has 1 aromatic heterocycles. The average molecular weight is 310 g/mol. The number of hydrogen-bond donors (Lipinski definition) is 1. The van der Waals surface area contributed by atoms with E-state index in [0.29, 0.717) is 11.5 Å². The summed E-state index contributed by atoms with van der Waals surface area (Å²) in [6.45, 7) is 0. The van der Waals surface area contributed by atoms with Gasteiger partial charge in [-0.1, -0.05) is 43.2 Å². The molecule has 0 unspecified atom stereocenters. The highest BCUT2D eigenvalue weighted by Gasteiger charge is 2.28. The summed E-state index contributed by atoms with van der Waals surface area (Å²) in [5, 5.41) is 3.18. The second-order valence-corrected chi connectivity index (χ2v) is 6.27. The van der Waals surface area contributed by atoms with E-state index in [-0.39, 0.29) is 17.5 Å². The van der Waals surface area contributed by atoms with Crippen molar-refractivity contribution in [2.24, 2.45) is 13.0 Å². The van der Waals surface area contributed by atoms with Crippen LogP contribution >= 0.6 is 0 Å². The van der Waals surface area contributed by atoms with Gasteiger partial charge in [-0.25, -0.2) is 0 Å². The number of aryl methyl sites for hydroxylation is 1. The van der Waals surface area contributed by atoms with Crippen molar-refractivity contribution in [3.8, 4) is 0 Å². The lowest BCUT2D eigenvalue weighted by Crippen LogP contribution is -2.33. The smallest absolute Gasteiger partial charge is 0.253 e. The first-order valence-corrected chi connectivity index (χ1v) is 8.17. The second-order valence-electron chi connectivity index (χ2n) is 6.27. The molecular weight excluding hydrogens is 288 g/mol. The van der Waals surface area contributed by atoms with E-state index < -0.39 is 0 Å². The third-order valence-electron chi connectivity index (χ3n) is 4.66. The van der Waals surface area contributed by atoms with Crippen molar-refractivity contribution in [3.63, 3.8) is 0 Å². The molecule has 1 fully saturated rings. The number of aromatic nitrogens is 1. The first kappa shape index (κ1) is 15.5. The quantitative estimate of drug-likeness (QED) is 0.943. The molecule has 2 aromatic rings. The Kier molecular flexibility index (Phi) is 4.60. The summed E-state index contributed by atoms with van der Waals surface area (Å²) in [4.78, 5) is 24.1. The lowest BCUT2D eigenvalue weighted by Gasteiger charge is -2.25. The summed E-state index contributed by atoms with van der Waals surface area (Å²) in [5.41, 5.74) is 1.56. The van der Waals surface area contributed by atoms with E-state index >= 15 is 0 Å². The predicted octanol–water partition coefficient (Wildman–Crippen LogP) is 3.05. The van der Waals surface area contributed by atoms with Crippen LogP contribution in [0.3, 0.4) is 0 Å². The predicted molar refractivity (Wildman–Crippen MR) is 90.3 cm³/mol. The van der Waals surface area contributed by atoms with Crippen molar-refractivity contribution in [1.29, 1.82) is 0 Å². The zero-order valence-corrected chi connectivity index (χ0v) is 13.4. The minimum atomic E-state index is -0.124. The number of benzene rings is 1. The van der Waals surface area contributed by atoms with Crippen LogP contribution in [0.5, 0.6) is 0 Å². The minimum Gasteiger partial charge on any atom is -0.345 e. The van der Waals surface area contributed by atoms with Crippen molar-refractivity contribution in [2.75, 3.05) is 0 Å². The van der Waals surface area contributed by atoms with Gasteiger partial charge in [0, 0.05) is 19.3 Å². The number of amides is 1. The van der Waals surface area contributed by atoms with E-state index in [2.05, 4.69) is 17.4 Å². The number of nitrogens with one attached hydrogen (secondary N) is 1. The fourth-order valence-electron chi connectivity index (χ4n) is 3.38. The van der Waals surface area contributed by atoms with E-state index in [1.807, 2.05) is 18.2 Å². The van der Waals surface area contributed by atoms with Gasteiger partial charge in [0.2, 0.25) is 5.56 Å². The van der Waals surface area contributed by atoms with Crippen molar-refractivity contribution in [1.82, 2.24) is 9.88 Å². The average Bonchev–Trinajstić information content (AvgIpc) is 3.10. The van der Waals surface area contributed by atoms with Gasteiger partial charge in [0.1, 0.15) is 0 Å². The lowest BCUT2D eigenvalue weighted by molar-refractivity contribution is 0.0921. The van der Waals surface area contributed by atoms with Crippen LogP contribution in [0, 0.1) is 5.92 Å². The molecule has 0 bridgehead atoms. The van der Waals surface area contributed by atoms with Crippen LogP contribution < -0.4 is 10.9 Å². The van der Waals surface area contributed by atoms with Crippen LogP contribution in [0.15, 0.2) is 53.5 Å². The second kappa shape index (κ2) is 6.82. The van der Waals surface area contributed by atoms with Crippen LogP contribution in [-0.4, -0.2) is 10.5 Å². The van der Waals surface area contributed by atoms with Crippen molar-refractivity contribution >= 4 is 5.91 Å². The lowest BCUT2D eigenvalue weighted by atomic mass is 9.91. The van der Waals surface area contributed by atoms with Gasteiger partial charge in [-0.15, -0.1) is 0 Å². The summed E-state index contributed by atoms with van der Waals surface area (Å²) >= 11 is 0. The van der Waals surface area contributed by atoms with Crippen molar-refractivity contribution in [3.05, 3.63) is 70.1 Å². The van der Waals surface area contributed by atoms with Gasteiger partial charge in [0.25, 0.3) is 5.91 Å². The molecule has 4 nitrogen and oxygen atoms in total. The first-order chi connectivity index (χ1) is 11.1. The normalized spacial score (nSPS) is 16.2. The SMILES string of the molecule is Cn1cc(C(=O)N[C@@H](c2ccccc2)C2CCCC2)ccc1=O. The molecule has 0 spiro atoms. The highest BCUT2D eigenvalue weighted by atomic mass is 16.2. The van der Waals surface area contributed by atoms with Crippen LogP contribution in [-0.2, 0) is 7.05 Å². The molecule has 1 amide bonds. The van der Waals surface area contributed by atoms with Crippen LogP contribution in [0.1, 0.15) is 47.6 Å². The summed E-state index contributed by atoms with van der Waals surface area (Å²) in [7, 11) is 1.66. The van der Waals surface area contributed by atoms with Gasteiger partial charge >= 0.3 is 0 Å². The van der Waals surface area contributed by atoms with E-state index in [1.54, 1.807) is 19.3 Å². The Morgan fingerprint density at radius 1 is 1.13 bits per heavy atom. The Morgan fingerprint density at radius 2 is 1.83 bits per heavy atom. The highest BCUT2D eigenvalue weighted by molar-refractivity contribution is 5.94. The van der Waals surface area contributed by atoms with Gasteiger partial charge in [0.15, 0.2) is 0 Å². The third-order valence-corrected chi connectivity index (χ3v) is 4.66. The van der Waals surface area contributed by atoms with Crippen LogP contribution in [0.25, 0.3) is 0 Å². The zero-order valence-electron chi connectivity index (χ0n) is 13.4. The zero-order chi connectivity index (χ0) is 16.2. The minimum absolute atomic E-state index is 0.0310. The number of carbonyl (C=O) groups excluding carboxylic acids is 1. The first-order valence-electron chi connectivity index (χ1n) is 8.17. The molecule has 1 atom stereocenters. The summed E-state index contributed by atoms with van der Waals surface area (Å²) in [6.07, 6.45) is 6.34. The maximum atomic E-state index is 12.6. The molecule has 0 aliphatic heterocycles. The van der Waals surface area contributed by atoms with Gasteiger partial charge < -0.3 is 9.88 Å². The number of carbonyl (C=O) groups is 1. The largest absolute Gasteiger partial charge is 0.345 e. The number of hydrogen-bond acceptors (Lipinski definition) is 2. The molecule has 23 heavy (non-hydrogen) atoms. The fourth-order valence-corrected chi connectivity index (χ4v) is 3.38. The molecular formula is C19H22N2O2. The van der Waals surface area contributed by atoms with Gasteiger partial charge in [-0.2, -0.15) is 0 Å². The Morgan fingerprint density at radius 3 is 2.48 bits per heavy atom. The van der Waals surface area contributed by atoms with Crippen LogP contribution in [0.4, 0.5) is 0 Å². The maximum absolute atomic E-state index is 12.6. The molecule has 1 aliphatic carbocycles. The van der Waals surface area contributed by atoms with E-state index in [1.165, 1.54) is 23.5 Å². The third kappa shape index (κ3) is 3.52. The number of pyridine rings is 1. The molecule has 1 heterocycles. The number of rotatable bonds is 4. The molecule has 1 N–H and O–H groups in total. The van der Waals surface area contributed by atoms with Gasteiger partial charge in [-0.05, 0) is 30.4 Å². The Labute approximate surface area is 136 Å².